The Morgan fingerprint density at radius 1 is 1.11 bits per heavy atom. The lowest BCUT2D eigenvalue weighted by atomic mass is 10.2. The van der Waals surface area contributed by atoms with Crippen molar-refractivity contribution in [1.29, 1.82) is 0 Å². The van der Waals surface area contributed by atoms with Crippen LogP contribution in [0.2, 0.25) is 0 Å². The Morgan fingerprint density at radius 2 is 1.94 bits per heavy atom. The van der Waals surface area contributed by atoms with Gasteiger partial charge in [0.15, 0.2) is 0 Å². The maximum atomic E-state index is 3.25. The molecule has 1 aromatic heterocycles. The summed E-state index contributed by atoms with van der Waals surface area (Å²) < 4.78 is 0. The third-order valence-corrected chi connectivity index (χ3v) is 3.81. The molecule has 96 valence electrons. The Morgan fingerprint density at radius 3 is 2.72 bits per heavy atom. The minimum Gasteiger partial charge on any atom is -0.369 e. The molecule has 2 aromatic rings. The van der Waals surface area contributed by atoms with Crippen molar-refractivity contribution in [3.05, 3.63) is 30.5 Å². The van der Waals surface area contributed by atoms with Gasteiger partial charge >= 0.3 is 0 Å². The van der Waals surface area contributed by atoms with Gasteiger partial charge in [0, 0.05) is 49.0 Å². The van der Waals surface area contributed by atoms with Crippen molar-refractivity contribution in [1.82, 2.24) is 9.88 Å². The monoisotopic (exact) mass is 243 g/mol. The highest BCUT2D eigenvalue weighted by Gasteiger charge is 2.16. The number of hydrogen-bond acceptors (Lipinski definition) is 2. The maximum absolute atomic E-state index is 3.25. The highest BCUT2D eigenvalue weighted by molar-refractivity contribution is 5.83. The molecule has 1 N–H and O–H groups in total. The number of piperazine rings is 1. The van der Waals surface area contributed by atoms with E-state index in [1.165, 1.54) is 42.6 Å². The van der Waals surface area contributed by atoms with E-state index in [4.69, 9.17) is 0 Å². The van der Waals surface area contributed by atoms with Crippen molar-refractivity contribution in [2.24, 2.45) is 0 Å². The van der Waals surface area contributed by atoms with E-state index in [2.05, 4.69) is 46.0 Å². The van der Waals surface area contributed by atoms with Gasteiger partial charge in [0.25, 0.3) is 0 Å². The number of nitrogens with one attached hydrogen (secondary N) is 1. The smallest absolute Gasteiger partial charge is 0.0455 e. The van der Waals surface area contributed by atoms with Gasteiger partial charge in [-0.2, -0.15) is 0 Å². The van der Waals surface area contributed by atoms with Gasteiger partial charge in [-0.15, -0.1) is 0 Å². The zero-order chi connectivity index (χ0) is 12.4. The summed E-state index contributed by atoms with van der Waals surface area (Å²) in [6, 6.07) is 8.85. The maximum Gasteiger partial charge on any atom is 0.0455 e. The van der Waals surface area contributed by atoms with Gasteiger partial charge in [-0.1, -0.05) is 6.92 Å². The predicted octanol–water partition coefficient (Wildman–Crippen LogP) is 2.70. The Balaban J connectivity index is 1.71. The first-order valence-electron chi connectivity index (χ1n) is 6.91. The standard InChI is InChI=1S/C15H21N3/c1-2-7-17-8-10-18(11-9-17)14-3-4-15-13(12-14)5-6-16-15/h3-6,12,16H,2,7-11H2,1H3. The minimum atomic E-state index is 1.15. The molecule has 1 aliphatic rings. The van der Waals surface area contributed by atoms with Crippen LogP contribution in [0.25, 0.3) is 10.9 Å². The van der Waals surface area contributed by atoms with Crippen molar-refractivity contribution in [2.45, 2.75) is 13.3 Å². The largest absolute Gasteiger partial charge is 0.369 e. The molecular weight excluding hydrogens is 222 g/mol. The predicted molar refractivity (Wildman–Crippen MR) is 77.2 cm³/mol. The Bertz CT molecular complexity index is 509. The van der Waals surface area contributed by atoms with Crippen LogP contribution in [-0.2, 0) is 0 Å². The number of nitrogens with zero attached hydrogens (tertiary/aromatic N) is 2. The van der Waals surface area contributed by atoms with Gasteiger partial charge in [-0.3, -0.25) is 4.90 Å². The molecule has 0 amide bonds. The van der Waals surface area contributed by atoms with E-state index in [0.717, 1.165) is 13.1 Å². The average molecular weight is 243 g/mol. The number of benzene rings is 1. The van der Waals surface area contributed by atoms with Crippen molar-refractivity contribution in [3.8, 4) is 0 Å². The summed E-state index contributed by atoms with van der Waals surface area (Å²) in [5.41, 5.74) is 2.58. The molecule has 0 radical (unpaired) electrons. The lowest BCUT2D eigenvalue weighted by Gasteiger charge is -2.36. The van der Waals surface area contributed by atoms with Crippen LogP contribution in [0.1, 0.15) is 13.3 Å². The van der Waals surface area contributed by atoms with Crippen LogP contribution in [0.4, 0.5) is 5.69 Å². The van der Waals surface area contributed by atoms with E-state index >= 15 is 0 Å². The molecule has 0 spiro atoms. The van der Waals surface area contributed by atoms with Crippen LogP contribution in [0.15, 0.2) is 30.5 Å². The molecule has 1 aromatic carbocycles. The Labute approximate surface area is 108 Å². The summed E-state index contributed by atoms with van der Waals surface area (Å²) in [6.45, 7) is 8.18. The molecule has 2 heterocycles. The summed E-state index contributed by atoms with van der Waals surface area (Å²) in [5.74, 6) is 0. The third kappa shape index (κ3) is 2.23. The van der Waals surface area contributed by atoms with Crippen LogP contribution < -0.4 is 4.90 Å². The fourth-order valence-electron chi connectivity index (χ4n) is 2.78. The van der Waals surface area contributed by atoms with E-state index in [9.17, 15) is 0 Å². The third-order valence-electron chi connectivity index (χ3n) is 3.81. The van der Waals surface area contributed by atoms with Crippen molar-refractivity contribution in [2.75, 3.05) is 37.6 Å². The molecule has 0 saturated carbocycles. The lowest BCUT2D eigenvalue weighted by molar-refractivity contribution is 0.258. The van der Waals surface area contributed by atoms with E-state index in [1.807, 2.05) is 6.20 Å². The molecule has 0 aliphatic carbocycles. The number of rotatable bonds is 3. The molecule has 3 rings (SSSR count). The molecule has 0 unspecified atom stereocenters. The fraction of sp³-hybridized carbons (Fsp3) is 0.467. The number of anilines is 1. The Kier molecular flexibility index (Phi) is 3.24. The zero-order valence-electron chi connectivity index (χ0n) is 11.0. The van der Waals surface area contributed by atoms with E-state index < -0.39 is 0 Å². The van der Waals surface area contributed by atoms with Crippen molar-refractivity contribution in [3.63, 3.8) is 0 Å². The van der Waals surface area contributed by atoms with Crippen LogP contribution >= 0.6 is 0 Å². The molecule has 1 saturated heterocycles. The van der Waals surface area contributed by atoms with E-state index in [0.29, 0.717) is 0 Å². The Hall–Kier alpha value is -1.48. The number of H-pyrrole nitrogens is 1. The van der Waals surface area contributed by atoms with Gasteiger partial charge in [0.05, 0.1) is 0 Å². The van der Waals surface area contributed by atoms with Gasteiger partial charge < -0.3 is 9.88 Å². The van der Waals surface area contributed by atoms with Crippen LogP contribution in [-0.4, -0.2) is 42.6 Å². The normalized spacial score (nSPS) is 17.5. The summed E-state index contributed by atoms with van der Waals surface area (Å²) in [4.78, 5) is 8.31. The van der Waals surface area contributed by atoms with Gasteiger partial charge in [0.1, 0.15) is 0 Å². The van der Waals surface area contributed by atoms with Gasteiger partial charge in [-0.25, -0.2) is 0 Å². The molecule has 18 heavy (non-hydrogen) atoms. The molecular formula is C15H21N3. The average Bonchev–Trinajstić information content (AvgIpc) is 2.87. The number of aromatic amines is 1. The first-order valence-corrected chi connectivity index (χ1v) is 6.91. The van der Waals surface area contributed by atoms with Gasteiger partial charge in [0.2, 0.25) is 0 Å². The topological polar surface area (TPSA) is 22.3 Å². The molecule has 1 aliphatic heterocycles. The first-order chi connectivity index (χ1) is 8.86. The fourth-order valence-corrected chi connectivity index (χ4v) is 2.78. The van der Waals surface area contributed by atoms with E-state index in [-0.39, 0.29) is 0 Å². The van der Waals surface area contributed by atoms with Crippen molar-refractivity contribution < 1.29 is 0 Å². The minimum absolute atomic E-state index is 1.15. The van der Waals surface area contributed by atoms with Crippen molar-refractivity contribution >= 4 is 16.6 Å². The summed E-state index contributed by atoms with van der Waals surface area (Å²) in [7, 11) is 0. The van der Waals surface area contributed by atoms with Gasteiger partial charge in [-0.05, 0) is 37.2 Å². The number of fused-ring (bicyclic) bond motifs is 1. The zero-order valence-corrected chi connectivity index (χ0v) is 11.0. The second-order valence-electron chi connectivity index (χ2n) is 5.08. The molecule has 3 heteroatoms. The van der Waals surface area contributed by atoms with Crippen LogP contribution in [0.5, 0.6) is 0 Å². The second-order valence-corrected chi connectivity index (χ2v) is 5.08. The summed E-state index contributed by atoms with van der Waals surface area (Å²) >= 11 is 0. The first kappa shape index (κ1) is 11.6. The lowest BCUT2D eigenvalue weighted by Crippen LogP contribution is -2.46. The SMILES string of the molecule is CCCN1CCN(c2ccc3[nH]ccc3c2)CC1. The molecule has 0 bridgehead atoms. The summed E-state index contributed by atoms with van der Waals surface area (Å²) in [6.07, 6.45) is 3.27. The highest BCUT2D eigenvalue weighted by atomic mass is 15.3. The highest BCUT2D eigenvalue weighted by Crippen LogP contribution is 2.22. The number of aromatic nitrogens is 1. The molecule has 3 nitrogen and oxygen atoms in total. The summed E-state index contributed by atoms with van der Waals surface area (Å²) in [5, 5.41) is 1.31. The second kappa shape index (κ2) is 5.02. The number of hydrogen-bond donors (Lipinski definition) is 1. The van der Waals surface area contributed by atoms with E-state index in [1.54, 1.807) is 0 Å². The van der Waals surface area contributed by atoms with Crippen LogP contribution in [0.3, 0.4) is 0 Å². The van der Waals surface area contributed by atoms with Crippen LogP contribution in [0, 0.1) is 0 Å². The molecule has 0 atom stereocenters. The molecule has 1 fully saturated rings. The quantitative estimate of drug-likeness (QED) is 0.895.